The van der Waals surface area contributed by atoms with Crippen molar-refractivity contribution in [1.82, 2.24) is 4.98 Å². The molecular weight excluding hydrogens is 466 g/mol. The van der Waals surface area contributed by atoms with Gasteiger partial charge in [-0.25, -0.2) is 4.98 Å². The van der Waals surface area contributed by atoms with Crippen LogP contribution in [0.2, 0.25) is 0 Å². The average Bonchev–Trinajstić information content (AvgIpc) is 3.37. The van der Waals surface area contributed by atoms with Crippen molar-refractivity contribution >= 4 is 49.8 Å². The molecule has 0 bridgehead atoms. The summed E-state index contributed by atoms with van der Waals surface area (Å²) < 4.78 is 0.832. The largest absolute Gasteiger partial charge is 0.507 e. The number of Topliss-reactive ketones (excluding diaryl/α,β-unsaturated/α-hetero) is 1. The van der Waals surface area contributed by atoms with Gasteiger partial charge in [0.15, 0.2) is 5.13 Å². The summed E-state index contributed by atoms with van der Waals surface area (Å²) in [5, 5.41) is 22.9. The number of benzene rings is 3. The topological polar surface area (TPSA) is 114 Å². The number of aryl methyl sites for hydroxylation is 2. The Morgan fingerprint density at radius 1 is 1.03 bits per heavy atom. The Morgan fingerprint density at radius 2 is 1.74 bits per heavy atom. The number of carbonyl (C=O) groups excluding carboxylic acids is 2. The predicted molar refractivity (Wildman–Crippen MR) is 133 cm³/mol. The van der Waals surface area contributed by atoms with Crippen LogP contribution in [-0.4, -0.2) is 26.7 Å². The molecule has 35 heavy (non-hydrogen) atoms. The molecule has 1 atom stereocenters. The summed E-state index contributed by atoms with van der Waals surface area (Å²) in [6, 6.07) is 17.2. The van der Waals surface area contributed by atoms with E-state index in [-0.39, 0.29) is 22.2 Å². The van der Waals surface area contributed by atoms with Crippen molar-refractivity contribution < 1.29 is 19.6 Å². The van der Waals surface area contributed by atoms with Gasteiger partial charge in [-0.3, -0.25) is 24.6 Å². The van der Waals surface area contributed by atoms with E-state index in [0.29, 0.717) is 16.6 Å². The molecule has 1 N–H and O–H groups in total. The van der Waals surface area contributed by atoms with Gasteiger partial charge in [0, 0.05) is 17.7 Å². The minimum atomic E-state index is -1.09. The molecule has 9 heteroatoms. The number of amides is 1. The molecule has 174 valence electrons. The second kappa shape index (κ2) is 8.44. The van der Waals surface area contributed by atoms with E-state index in [9.17, 15) is 24.8 Å². The lowest BCUT2D eigenvalue weighted by Gasteiger charge is -2.22. The van der Waals surface area contributed by atoms with Gasteiger partial charge in [-0.2, -0.15) is 0 Å². The Bertz CT molecular complexity index is 1560. The highest BCUT2D eigenvalue weighted by atomic mass is 32.1. The number of fused-ring (bicyclic) bond motifs is 1. The first-order valence-corrected chi connectivity index (χ1v) is 11.6. The number of aliphatic hydroxyl groups excluding tert-OH is 1. The van der Waals surface area contributed by atoms with Gasteiger partial charge in [0.1, 0.15) is 5.76 Å². The van der Waals surface area contributed by atoms with Crippen molar-refractivity contribution in [3.63, 3.8) is 0 Å². The van der Waals surface area contributed by atoms with E-state index in [1.807, 2.05) is 32.0 Å². The second-order valence-corrected chi connectivity index (χ2v) is 9.36. The highest BCUT2D eigenvalue weighted by molar-refractivity contribution is 7.22. The molecule has 4 aromatic rings. The number of hydrogen-bond acceptors (Lipinski definition) is 7. The van der Waals surface area contributed by atoms with Crippen molar-refractivity contribution in [3.05, 3.63) is 105 Å². The molecule has 1 aliphatic rings. The summed E-state index contributed by atoms with van der Waals surface area (Å²) in [4.78, 5) is 43.3. The van der Waals surface area contributed by atoms with Crippen molar-refractivity contribution in [2.24, 2.45) is 0 Å². The smallest absolute Gasteiger partial charge is 0.301 e. The van der Waals surface area contributed by atoms with E-state index in [0.717, 1.165) is 15.8 Å². The number of anilines is 1. The first-order chi connectivity index (χ1) is 16.7. The predicted octanol–water partition coefficient (Wildman–Crippen LogP) is 5.45. The number of aliphatic hydroxyl groups is 1. The number of nitrogens with zero attached hydrogens (tertiary/aromatic N) is 3. The Labute approximate surface area is 203 Å². The third kappa shape index (κ3) is 3.85. The van der Waals surface area contributed by atoms with E-state index in [1.54, 1.807) is 30.3 Å². The van der Waals surface area contributed by atoms with Gasteiger partial charge in [-0.1, -0.05) is 59.4 Å². The highest BCUT2D eigenvalue weighted by Gasteiger charge is 2.48. The maximum atomic E-state index is 13.3. The normalized spacial score (nSPS) is 17.3. The SMILES string of the molecule is Cc1ccc(C(O)=C2C(=O)C(=O)N(c3nc4ccc(C)cc4s3)C2c2cccc([N+](=O)[O-])c2)cc1. The number of thiazole rings is 1. The zero-order valence-electron chi connectivity index (χ0n) is 18.8. The van der Waals surface area contributed by atoms with E-state index >= 15 is 0 Å². The number of carbonyl (C=O) groups is 2. The van der Waals surface area contributed by atoms with Gasteiger partial charge < -0.3 is 5.11 Å². The van der Waals surface area contributed by atoms with Crippen LogP contribution in [0, 0.1) is 24.0 Å². The van der Waals surface area contributed by atoms with Gasteiger partial charge in [0.05, 0.1) is 26.8 Å². The molecular formula is C26H19N3O5S. The van der Waals surface area contributed by atoms with E-state index in [1.165, 1.54) is 34.4 Å². The van der Waals surface area contributed by atoms with Crippen molar-refractivity contribution in [3.8, 4) is 0 Å². The quantitative estimate of drug-likeness (QED) is 0.135. The van der Waals surface area contributed by atoms with Crippen LogP contribution in [0.15, 0.2) is 72.3 Å². The summed E-state index contributed by atoms with van der Waals surface area (Å²) >= 11 is 1.24. The van der Waals surface area contributed by atoms with Crippen molar-refractivity contribution in [2.75, 3.05) is 4.90 Å². The fourth-order valence-corrected chi connectivity index (χ4v) is 5.23. The van der Waals surface area contributed by atoms with Crippen LogP contribution in [0.3, 0.4) is 0 Å². The average molecular weight is 486 g/mol. The third-order valence-electron chi connectivity index (χ3n) is 5.90. The maximum Gasteiger partial charge on any atom is 0.301 e. The molecule has 2 heterocycles. The Balaban J connectivity index is 1.75. The van der Waals surface area contributed by atoms with Crippen LogP contribution in [0.25, 0.3) is 16.0 Å². The summed E-state index contributed by atoms with van der Waals surface area (Å²) in [6.07, 6.45) is 0. The maximum absolute atomic E-state index is 13.3. The van der Waals surface area contributed by atoms with E-state index in [4.69, 9.17) is 0 Å². The molecule has 5 rings (SSSR count). The van der Waals surface area contributed by atoms with Crippen LogP contribution >= 0.6 is 11.3 Å². The summed E-state index contributed by atoms with van der Waals surface area (Å²) in [7, 11) is 0. The Morgan fingerprint density at radius 3 is 2.46 bits per heavy atom. The fraction of sp³-hybridized carbons (Fsp3) is 0.115. The number of ketones is 1. The number of aromatic nitrogens is 1. The first kappa shape index (κ1) is 22.4. The van der Waals surface area contributed by atoms with Crippen molar-refractivity contribution in [1.29, 1.82) is 0 Å². The molecule has 1 aromatic heterocycles. The minimum Gasteiger partial charge on any atom is -0.507 e. The minimum absolute atomic E-state index is 0.144. The van der Waals surface area contributed by atoms with Crippen LogP contribution in [-0.2, 0) is 9.59 Å². The summed E-state index contributed by atoms with van der Waals surface area (Å²) in [6.45, 7) is 3.83. The zero-order valence-corrected chi connectivity index (χ0v) is 19.6. The molecule has 3 aromatic carbocycles. The molecule has 1 amide bonds. The standard InChI is InChI=1S/C26H19N3O5S/c1-14-6-9-16(10-7-14)23(30)21-22(17-4-3-5-18(13-17)29(33)34)28(25(32)24(21)31)26-27-19-11-8-15(2)12-20(19)35-26/h3-13,22,30H,1-2H3. The molecule has 0 aliphatic carbocycles. The lowest BCUT2D eigenvalue weighted by Crippen LogP contribution is -2.29. The van der Waals surface area contributed by atoms with E-state index < -0.39 is 22.7 Å². The number of hydrogen-bond donors (Lipinski definition) is 1. The Kier molecular flexibility index (Phi) is 5.41. The molecule has 0 saturated carbocycles. The molecule has 0 spiro atoms. The van der Waals surface area contributed by atoms with Crippen LogP contribution < -0.4 is 4.90 Å². The van der Waals surface area contributed by atoms with Gasteiger partial charge in [0.25, 0.3) is 11.5 Å². The van der Waals surface area contributed by atoms with Crippen LogP contribution in [0.1, 0.15) is 28.3 Å². The van der Waals surface area contributed by atoms with Gasteiger partial charge in [-0.15, -0.1) is 0 Å². The molecule has 1 fully saturated rings. The molecule has 0 radical (unpaired) electrons. The highest BCUT2D eigenvalue weighted by Crippen LogP contribution is 2.44. The second-order valence-electron chi connectivity index (χ2n) is 8.35. The summed E-state index contributed by atoms with van der Waals surface area (Å²) in [5.74, 6) is -2.08. The number of non-ortho nitro benzene ring substituents is 1. The lowest BCUT2D eigenvalue weighted by atomic mass is 9.95. The first-order valence-electron chi connectivity index (χ1n) is 10.7. The van der Waals surface area contributed by atoms with E-state index in [2.05, 4.69) is 4.98 Å². The van der Waals surface area contributed by atoms with Gasteiger partial charge >= 0.3 is 5.91 Å². The van der Waals surface area contributed by atoms with Crippen LogP contribution in [0.5, 0.6) is 0 Å². The third-order valence-corrected chi connectivity index (χ3v) is 6.92. The summed E-state index contributed by atoms with van der Waals surface area (Å²) in [5.41, 5.74) is 2.99. The number of nitro benzene ring substituents is 1. The van der Waals surface area contributed by atoms with Crippen LogP contribution in [0.4, 0.5) is 10.8 Å². The molecule has 1 unspecified atom stereocenters. The molecule has 1 saturated heterocycles. The number of rotatable bonds is 4. The van der Waals surface area contributed by atoms with Gasteiger partial charge in [0.2, 0.25) is 0 Å². The molecule has 1 aliphatic heterocycles. The van der Waals surface area contributed by atoms with Crippen molar-refractivity contribution in [2.45, 2.75) is 19.9 Å². The lowest BCUT2D eigenvalue weighted by molar-refractivity contribution is -0.384. The molecule has 8 nitrogen and oxygen atoms in total. The zero-order chi connectivity index (χ0) is 24.9. The monoisotopic (exact) mass is 485 g/mol. The fourth-order valence-electron chi connectivity index (χ4n) is 4.14. The van der Waals surface area contributed by atoms with Gasteiger partial charge in [-0.05, 0) is 37.1 Å². The number of nitro groups is 1. The Hall–Kier alpha value is -4.37.